The fourth-order valence-corrected chi connectivity index (χ4v) is 1.40. The molecule has 0 spiro atoms. The Balaban J connectivity index is 0.000000921. The quantitative estimate of drug-likeness (QED) is 0.662. The van der Waals surface area contributed by atoms with Crippen molar-refractivity contribution in [2.75, 3.05) is 0 Å². The summed E-state index contributed by atoms with van der Waals surface area (Å²) in [7, 11) is 0. The van der Waals surface area contributed by atoms with Crippen LogP contribution in [0.2, 0.25) is 0 Å². The molecule has 0 unspecified atom stereocenters. The molecule has 0 aromatic heterocycles. The normalized spacial score (nSPS) is 9.20. The van der Waals surface area contributed by atoms with E-state index in [1.807, 2.05) is 32.9 Å². The van der Waals surface area contributed by atoms with Crippen LogP contribution in [0, 0.1) is 20.8 Å². The highest BCUT2D eigenvalue weighted by Gasteiger charge is 2.06. The van der Waals surface area contributed by atoms with Crippen molar-refractivity contribution in [2.45, 2.75) is 48.0 Å². The zero-order valence-electron chi connectivity index (χ0n) is 10.8. The maximum atomic E-state index is 11.4. The zero-order valence-corrected chi connectivity index (χ0v) is 10.8. The van der Waals surface area contributed by atoms with Crippen LogP contribution >= 0.6 is 0 Å². The minimum atomic E-state index is 0.228. The van der Waals surface area contributed by atoms with Crippen molar-refractivity contribution in [3.63, 3.8) is 0 Å². The molecule has 0 aliphatic rings. The van der Waals surface area contributed by atoms with Crippen molar-refractivity contribution >= 4 is 5.78 Å². The van der Waals surface area contributed by atoms with E-state index in [4.69, 9.17) is 0 Å². The Bertz CT molecular complexity index is 314. The molecule has 0 radical (unpaired) electrons. The first-order valence-electron chi connectivity index (χ1n) is 5.67. The van der Waals surface area contributed by atoms with E-state index in [0.29, 0.717) is 6.42 Å². The average molecular weight is 206 g/mol. The van der Waals surface area contributed by atoms with E-state index < -0.39 is 0 Å². The van der Waals surface area contributed by atoms with E-state index in [0.717, 1.165) is 5.56 Å². The predicted octanol–water partition coefficient (Wildman–Crippen LogP) is 4.23. The van der Waals surface area contributed by atoms with Gasteiger partial charge in [0.2, 0.25) is 0 Å². The second kappa shape index (κ2) is 6.39. The van der Waals surface area contributed by atoms with E-state index in [-0.39, 0.29) is 5.78 Å². The maximum absolute atomic E-state index is 11.4. The number of carbonyl (C=O) groups excluding carboxylic acids is 1. The summed E-state index contributed by atoms with van der Waals surface area (Å²) < 4.78 is 0. The lowest BCUT2D eigenvalue weighted by Gasteiger charge is -2.07. The van der Waals surface area contributed by atoms with Crippen LogP contribution in [-0.4, -0.2) is 5.78 Å². The molecule has 84 valence electrons. The summed E-state index contributed by atoms with van der Waals surface area (Å²) in [6, 6.07) is 3.96. The van der Waals surface area contributed by atoms with Crippen molar-refractivity contribution in [3.05, 3.63) is 34.4 Å². The van der Waals surface area contributed by atoms with Gasteiger partial charge in [0.05, 0.1) is 0 Å². The van der Waals surface area contributed by atoms with E-state index in [9.17, 15) is 4.79 Å². The Morgan fingerprint density at radius 1 is 1.07 bits per heavy atom. The van der Waals surface area contributed by atoms with Crippen LogP contribution in [0.5, 0.6) is 0 Å². The summed E-state index contributed by atoms with van der Waals surface area (Å²) in [5, 5.41) is 0. The SMILES string of the molecule is CC.CCC(=O)c1cc(C)c(C)c(C)c1. The lowest BCUT2D eigenvalue weighted by Crippen LogP contribution is -1.99. The smallest absolute Gasteiger partial charge is 0.162 e. The molecule has 0 bridgehead atoms. The molecule has 1 rings (SSSR count). The van der Waals surface area contributed by atoms with Crippen molar-refractivity contribution in [2.24, 2.45) is 0 Å². The second-order valence-corrected chi connectivity index (χ2v) is 3.51. The summed E-state index contributed by atoms with van der Waals surface area (Å²) in [5.41, 5.74) is 4.55. The van der Waals surface area contributed by atoms with Crippen molar-refractivity contribution < 1.29 is 4.79 Å². The Labute approximate surface area is 93.5 Å². The van der Waals surface area contributed by atoms with Gasteiger partial charge in [-0.15, -0.1) is 0 Å². The molecule has 1 nitrogen and oxygen atoms in total. The molecule has 0 heterocycles. The zero-order chi connectivity index (χ0) is 12.0. The molecule has 1 aromatic carbocycles. The third-order valence-corrected chi connectivity index (χ3v) is 2.57. The molecule has 0 amide bonds. The topological polar surface area (TPSA) is 17.1 Å². The van der Waals surface area contributed by atoms with Crippen LogP contribution in [0.25, 0.3) is 0 Å². The summed E-state index contributed by atoms with van der Waals surface area (Å²) in [4.78, 5) is 11.4. The molecule has 0 aliphatic carbocycles. The molecular weight excluding hydrogens is 184 g/mol. The molecule has 0 N–H and O–H groups in total. The van der Waals surface area contributed by atoms with Crippen LogP contribution in [0.4, 0.5) is 0 Å². The number of rotatable bonds is 2. The Kier molecular flexibility index (Phi) is 5.92. The molecule has 0 atom stereocenters. The first-order chi connectivity index (χ1) is 7.06. The van der Waals surface area contributed by atoms with Gasteiger partial charge in [-0.1, -0.05) is 20.8 Å². The maximum Gasteiger partial charge on any atom is 0.162 e. The number of aryl methyl sites for hydroxylation is 2. The van der Waals surface area contributed by atoms with Gasteiger partial charge in [0, 0.05) is 12.0 Å². The van der Waals surface area contributed by atoms with Gasteiger partial charge in [-0.2, -0.15) is 0 Å². The van der Waals surface area contributed by atoms with E-state index in [1.54, 1.807) is 0 Å². The van der Waals surface area contributed by atoms with Crippen LogP contribution in [0.15, 0.2) is 12.1 Å². The highest BCUT2D eigenvalue weighted by atomic mass is 16.1. The first-order valence-corrected chi connectivity index (χ1v) is 5.67. The van der Waals surface area contributed by atoms with Gasteiger partial charge in [-0.3, -0.25) is 4.79 Å². The predicted molar refractivity (Wildman–Crippen MR) is 66.6 cm³/mol. The fraction of sp³-hybridized carbons (Fsp3) is 0.500. The van der Waals surface area contributed by atoms with Crippen molar-refractivity contribution in [3.8, 4) is 0 Å². The third-order valence-electron chi connectivity index (χ3n) is 2.57. The lowest BCUT2D eigenvalue weighted by molar-refractivity contribution is 0.0988. The van der Waals surface area contributed by atoms with E-state index >= 15 is 0 Å². The molecule has 1 aromatic rings. The molecule has 1 heteroatoms. The summed E-state index contributed by atoms with van der Waals surface area (Å²) in [6.07, 6.45) is 0.585. The molecule has 0 aliphatic heterocycles. The highest BCUT2D eigenvalue weighted by molar-refractivity contribution is 5.96. The van der Waals surface area contributed by atoms with Crippen LogP contribution in [0.1, 0.15) is 54.2 Å². The van der Waals surface area contributed by atoms with Gasteiger partial charge in [-0.25, -0.2) is 0 Å². The standard InChI is InChI=1S/C12H16O.C2H6/c1-5-12(13)11-6-8(2)10(4)9(3)7-11;1-2/h6-7H,5H2,1-4H3;1-2H3. The molecule has 15 heavy (non-hydrogen) atoms. The first kappa shape index (κ1) is 13.9. The number of carbonyl (C=O) groups is 1. The highest BCUT2D eigenvalue weighted by Crippen LogP contribution is 2.16. The number of benzene rings is 1. The fourth-order valence-electron chi connectivity index (χ4n) is 1.40. The number of ketones is 1. The van der Waals surface area contributed by atoms with E-state index in [1.165, 1.54) is 16.7 Å². The third kappa shape index (κ3) is 3.50. The minimum Gasteiger partial charge on any atom is -0.294 e. The number of hydrogen-bond donors (Lipinski definition) is 0. The van der Waals surface area contributed by atoms with Gasteiger partial charge >= 0.3 is 0 Å². The van der Waals surface area contributed by atoms with Gasteiger partial charge in [-0.05, 0) is 49.6 Å². The van der Waals surface area contributed by atoms with Crippen LogP contribution in [-0.2, 0) is 0 Å². The summed E-state index contributed by atoms with van der Waals surface area (Å²) >= 11 is 0. The minimum absolute atomic E-state index is 0.228. The van der Waals surface area contributed by atoms with Gasteiger partial charge in [0.25, 0.3) is 0 Å². The lowest BCUT2D eigenvalue weighted by atomic mass is 9.98. The summed E-state index contributed by atoms with van der Waals surface area (Å²) in [6.45, 7) is 12.1. The van der Waals surface area contributed by atoms with Crippen LogP contribution in [0.3, 0.4) is 0 Å². The molecule has 0 saturated carbocycles. The molecule has 0 fully saturated rings. The largest absolute Gasteiger partial charge is 0.294 e. The van der Waals surface area contributed by atoms with E-state index in [2.05, 4.69) is 20.8 Å². The Hall–Kier alpha value is -1.11. The Morgan fingerprint density at radius 2 is 1.47 bits per heavy atom. The van der Waals surface area contributed by atoms with Crippen LogP contribution < -0.4 is 0 Å². The number of hydrogen-bond acceptors (Lipinski definition) is 1. The second-order valence-electron chi connectivity index (χ2n) is 3.51. The van der Waals surface area contributed by atoms with Gasteiger partial charge in [0.1, 0.15) is 0 Å². The van der Waals surface area contributed by atoms with Gasteiger partial charge in [0.15, 0.2) is 5.78 Å². The Morgan fingerprint density at radius 3 is 1.80 bits per heavy atom. The van der Waals surface area contributed by atoms with Crippen molar-refractivity contribution in [1.82, 2.24) is 0 Å². The van der Waals surface area contributed by atoms with Gasteiger partial charge < -0.3 is 0 Å². The van der Waals surface area contributed by atoms with Crippen molar-refractivity contribution in [1.29, 1.82) is 0 Å². The molecular formula is C14H22O. The monoisotopic (exact) mass is 206 g/mol. The average Bonchev–Trinajstić information content (AvgIpc) is 2.26. The summed E-state index contributed by atoms with van der Waals surface area (Å²) in [5.74, 6) is 0.228. The number of Topliss-reactive ketones (excluding diaryl/α,β-unsaturated/α-hetero) is 1. The molecule has 0 saturated heterocycles.